The fraction of sp³-hybridized carbons (Fsp3) is 0.529. The van der Waals surface area contributed by atoms with E-state index < -0.39 is 12.1 Å². The number of carbonyl (C=O) groups excluding carboxylic acids is 2. The SMILES string of the molecule is CC(OC(=O)c1cnc2c(cnn2C(C)C)c1)C(=O)NC(C)(C)C. The van der Waals surface area contributed by atoms with E-state index in [1.807, 2.05) is 34.6 Å². The topological polar surface area (TPSA) is 86.1 Å². The Labute approximate surface area is 141 Å². The van der Waals surface area contributed by atoms with Gasteiger partial charge >= 0.3 is 5.97 Å². The Morgan fingerprint density at radius 2 is 1.88 bits per heavy atom. The highest BCUT2D eigenvalue weighted by Crippen LogP contribution is 2.17. The second-order valence-electron chi connectivity index (χ2n) is 7.11. The molecule has 0 saturated carbocycles. The van der Waals surface area contributed by atoms with Gasteiger partial charge in [-0.2, -0.15) is 5.10 Å². The third-order valence-corrected chi connectivity index (χ3v) is 3.31. The molecule has 0 spiro atoms. The Kier molecular flexibility index (Phi) is 4.91. The van der Waals surface area contributed by atoms with Crippen molar-refractivity contribution < 1.29 is 14.3 Å². The molecular formula is C17H24N4O3. The molecule has 7 heteroatoms. The fourth-order valence-corrected chi connectivity index (χ4v) is 2.18. The second-order valence-corrected chi connectivity index (χ2v) is 7.11. The van der Waals surface area contributed by atoms with E-state index >= 15 is 0 Å². The van der Waals surface area contributed by atoms with Crippen molar-refractivity contribution in [2.45, 2.75) is 59.2 Å². The van der Waals surface area contributed by atoms with Gasteiger partial charge in [0, 0.05) is 23.2 Å². The van der Waals surface area contributed by atoms with Crippen molar-refractivity contribution in [1.82, 2.24) is 20.1 Å². The van der Waals surface area contributed by atoms with Crippen LogP contribution >= 0.6 is 0 Å². The number of nitrogens with one attached hydrogen (secondary N) is 1. The molecule has 130 valence electrons. The van der Waals surface area contributed by atoms with Gasteiger partial charge in [0.15, 0.2) is 11.8 Å². The van der Waals surface area contributed by atoms with Crippen molar-refractivity contribution in [3.63, 3.8) is 0 Å². The van der Waals surface area contributed by atoms with E-state index in [0.29, 0.717) is 11.2 Å². The summed E-state index contributed by atoms with van der Waals surface area (Å²) in [4.78, 5) is 28.5. The summed E-state index contributed by atoms with van der Waals surface area (Å²) < 4.78 is 7.01. The van der Waals surface area contributed by atoms with Crippen molar-refractivity contribution in [3.8, 4) is 0 Å². The summed E-state index contributed by atoms with van der Waals surface area (Å²) >= 11 is 0. The number of esters is 1. The van der Waals surface area contributed by atoms with Gasteiger partial charge in [-0.15, -0.1) is 0 Å². The van der Waals surface area contributed by atoms with Crippen molar-refractivity contribution in [2.75, 3.05) is 0 Å². The monoisotopic (exact) mass is 332 g/mol. The van der Waals surface area contributed by atoms with Gasteiger partial charge in [-0.1, -0.05) is 0 Å². The first-order valence-corrected chi connectivity index (χ1v) is 7.95. The number of rotatable bonds is 4. The maximum absolute atomic E-state index is 12.2. The van der Waals surface area contributed by atoms with Crippen LogP contribution in [0.2, 0.25) is 0 Å². The fourth-order valence-electron chi connectivity index (χ4n) is 2.18. The van der Waals surface area contributed by atoms with Crippen LogP contribution in [0.3, 0.4) is 0 Å². The van der Waals surface area contributed by atoms with E-state index in [9.17, 15) is 9.59 Å². The Bertz CT molecular complexity index is 759. The first-order chi connectivity index (χ1) is 11.1. The molecule has 0 aliphatic heterocycles. The summed E-state index contributed by atoms with van der Waals surface area (Å²) in [7, 11) is 0. The molecule has 0 aromatic carbocycles. The van der Waals surface area contributed by atoms with Crippen LogP contribution in [-0.2, 0) is 9.53 Å². The summed E-state index contributed by atoms with van der Waals surface area (Å²) in [6.07, 6.45) is 2.22. The summed E-state index contributed by atoms with van der Waals surface area (Å²) in [6.45, 7) is 11.1. The molecule has 1 amide bonds. The Morgan fingerprint density at radius 1 is 1.21 bits per heavy atom. The van der Waals surface area contributed by atoms with Crippen LogP contribution in [-0.4, -0.2) is 38.3 Å². The third kappa shape index (κ3) is 4.10. The highest BCUT2D eigenvalue weighted by Gasteiger charge is 2.23. The van der Waals surface area contributed by atoms with Crippen molar-refractivity contribution in [1.29, 1.82) is 0 Å². The molecule has 2 aromatic rings. The zero-order valence-electron chi connectivity index (χ0n) is 15.0. The van der Waals surface area contributed by atoms with Crippen LogP contribution in [0, 0.1) is 0 Å². The average Bonchev–Trinajstić information content (AvgIpc) is 2.88. The molecule has 1 N–H and O–H groups in total. The number of pyridine rings is 1. The van der Waals surface area contributed by atoms with Gasteiger partial charge in [0.1, 0.15) is 0 Å². The number of ether oxygens (including phenoxy) is 1. The van der Waals surface area contributed by atoms with E-state index in [-0.39, 0.29) is 17.5 Å². The summed E-state index contributed by atoms with van der Waals surface area (Å²) in [5, 5.41) is 7.79. The zero-order chi connectivity index (χ0) is 18.1. The van der Waals surface area contributed by atoms with Gasteiger partial charge in [0.05, 0.1) is 11.8 Å². The number of carbonyl (C=O) groups is 2. The van der Waals surface area contributed by atoms with Gasteiger partial charge < -0.3 is 10.1 Å². The molecule has 0 bridgehead atoms. The summed E-state index contributed by atoms with van der Waals surface area (Å²) in [5.74, 6) is -0.921. The smallest absolute Gasteiger partial charge is 0.340 e. The largest absolute Gasteiger partial charge is 0.449 e. The van der Waals surface area contributed by atoms with E-state index in [1.165, 1.54) is 6.20 Å². The Morgan fingerprint density at radius 3 is 2.46 bits per heavy atom. The van der Waals surface area contributed by atoms with E-state index in [4.69, 9.17) is 4.74 Å². The molecule has 0 aliphatic rings. The maximum atomic E-state index is 12.2. The molecule has 1 unspecified atom stereocenters. The summed E-state index contributed by atoms with van der Waals surface area (Å²) in [5.41, 5.74) is 0.616. The molecule has 2 aromatic heterocycles. The number of amides is 1. The number of hydrogen-bond acceptors (Lipinski definition) is 5. The summed E-state index contributed by atoms with van der Waals surface area (Å²) in [6, 6.07) is 1.85. The highest BCUT2D eigenvalue weighted by molar-refractivity contribution is 5.94. The van der Waals surface area contributed by atoms with Crippen LogP contribution < -0.4 is 5.32 Å². The quantitative estimate of drug-likeness (QED) is 0.869. The van der Waals surface area contributed by atoms with Crippen LogP contribution in [0.15, 0.2) is 18.5 Å². The standard InChI is InChI=1S/C17H24N4O3/c1-10(2)21-14-12(9-19-21)7-13(8-18-14)16(23)24-11(3)15(22)20-17(4,5)6/h7-11H,1-6H3,(H,20,22). The van der Waals surface area contributed by atoms with Gasteiger partial charge in [-0.25, -0.2) is 14.5 Å². The zero-order valence-corrected chi connectivity index (χ0v) is 15.0. The minimum Gasteiger partial charge on any atom is -0.449 e. The first-order valence-electron chi connectivity index (χ1n) is 7.95. The number of fused-ring (bicyclic) bond motifs is 1. The third-order valence-electron chi connectivity index (χ3n) is 3.31. The van der Waals surface area contributed by atoms with Crippen LogP contribution in [0.4, 0.5) is 0 Å². The lowest BCUT2D eigenvalue weighted by molar-refractivity contribution is -0.130. The number of hydrogen-bond donors (Lipinski definition) is 1. The van der Waals surface area contributed by atoms with E-state index in [0.717, 1.165) is 5.39 Å². The lowest BCUT2D eigenvalue weighted by Crippen LogP contribution is -2.46. The molecule has 2 heterocycles. The average molecular weight is 332 g/mol. The minimum atomic E-state index is -0.884. The molecular weight excluding hydrogens is 308 g/mol. The van der Waals surface area contributed by atoms with Crippen molar-refractivity contribution in [3.05, 3.63) is 24.0 Å². The lowest BCUT2D eigenvalue weighted by Gasteiger charge is -2.23. The van der Waals surface area contributed by atoms with Crippen molar-refractivity contribution in [2.24, 2.45) is 0 Å². The molecule has 0 fully saturated rings. The van der Waals surface area contributed by atoms with Gasteiger partial charge in [0.2, 0.25) is 0 Å². The highest BCUT2D eigenvalue weighted by atomic mass is 16.5. The maximum Gasteiger partial charge on any atom is 0.340 e. The number of aromatic nitrogens is 3. The van der Waals surface area contributed by atoms with Gasteiger partial charge in [0.25, 0.3) is 5.91 Å². The van der Waals surface area contributed by atoms with Gasteiger partial charge in [-0.05, 0) is 47.6 Å². The Balaban J connectivity index is 2.12. The predicted molar refractivity (Wildman–Crippen MR) is 90.7 cm³/mol. The molecule has 0 aliphatic carbocycles. The molecule has 0 saturated heterocycles. The lowest BCUT2D eigenvalue weighted by atomic mass is 10.1. The van der Waals surface area contributed by atoms with Crippen LogP contribution in [0.25, 0.3) is 11.0 Å². The van der Waals surface area contributed by atoms with Crippen LogP contribution in [0.1, 0.15) is 57.9 Å². The molecule has 0 radical (unpaired) electrons. The molecule has 2 rings (SSSR count). The van der Waals surface area contributed by atoms with E-state index in [2.05, 4.69) is 15.4 Å². The van der Waals surface area contributed by atoms with Gasteiger partial charge in [-0.3, -0.25) is 4.79 Å². The molecule has 24 heavy (non-hydrogen) atoms. The molecule has 1 atom stereocenters. The Hall–Kier alpha value is -2.44. The second kappa shape index (κ2) is 6.59. The molecule has 7 nitrogen and oxygen atoms in total. The van der Waals surface area contributed by atoms with E-state index in [1.54, 1.807) is 23.9 Å². The predicted octanol–water partition coefficient (Wildman–Crippen LogP) is 2.47. The normalized spacial score (nSPS) is 13.1. The van der Waals surface area contributed by atoms with Crippen molar-refractivity contribution >= 4 is 22.9 Å². The minimum absolute atomic E-state index is 0.175. The first kappa shape index (κ1) is 17.9. The number of nitrogens with zero attached hydrogens (tertiary/aromatic N) is 3. The van der Waals surface area contributed by atoms with Crippen LogP contribution in [0.5, 0.6) is 0 Å².